The molecule has 3 aromatic rings. The first-order chi connectivity index (χ1) is 17.3. The average molecular weight is 512 g/mol. The van der Waals surface area contributed by atoms with Crippen LogP contribution in [0.4, 0.5) is 9.80 Å². The minimum absolute atomic E-state index is 0.0712. The third-order valence-corrected chi connectivity index (χ3v) is 6.27. The molecule has 0 aliphatic carbocycles. The summed E-state index contributed by atoms with van der Waals surface area (Å²) in [5.41, 5.74) is 1.60. The number of aromatic nitrogens is 1. The molecule has 0 bridgehead atoms. The topological polar surface area (TPSA) is 133 Å². The molecular weight excluding hydrogens is 486 g/mol. The molecule has 0 atom stereocenters. The molecule has 1 aromatic carbocycles. The summed E-state index contributed by atoms with van der Waals surface area (Å²) in [5, 5.41) is 5.48. The Morgan fingerprint density at radius 2 is 1.67 bits per heavy atom. The largest absolute Gasteiger partial charge is 0.465 e. The third-order valence-electron chi connectivity index (χ3n) is 5.08. The van der Waals surface area contributed by atoms with Crippen molar-refractivity contribution in [2.75, 3.05) is 19.5 Å². The molecule has 10 nitrogen and oxygen atoms in total. The van der Waals surface area contributed by atoms with Crippen molar-refractivity contribution in [1.29, 1.82) is 0 Å². The van der Waals surface area contributed by atoms with Gasteiger partial charge in [0.25, 0.3) is 0 Å². The predicted molar refractivity (Wildman–Crippen MR) is 133 cm³/mol. The number of ether oxygens (including phenoxy) is 3. The number of nitrogens with zero attached hydrogens (tertiary/aromatic N) is 1. The molecule has 3 rings (SSSR count). The molecule has 0 radical (unpaired) electrons. The highest BCUT2D eigenvalue weighted by atomic mass is 32.1. The number of pyridine rings is 1. The summed E-state index contributed by atoms with van der Waals surface area (Å²) in [6.45, 7) is 3.54. The Labute approximate surface area is 211 Å². The second-order valence-electron chi connectivity index (χ2n) is 7.45. The molecule has 0 aliphatic rings. The zero-order valence-corrected chi connectivity index (χ0v) is 21.0. The Morgan fingerprint density at radius 1 is 0.972 bits per heavy atom. The van der Waals surface area contributed by atoms with Gasteiger partial charge in [0.05, 0.1) is 19.8 Å². The normalized spacial score (nSPS) is 10.3. The summed E-state index contributed by atoms with van der Waals surface area (Å²) in [7, 11) is 2.45. The van der Waals surface area contributed by atoms with E-state index in [2.05, 4.69) is 15.6 Å². The second kappa shape index (κ2) is 11.9. The van der Waals surface area contributed by atoms with Crippen LogP contribution in [0.25, 0.3) is 0 Å². The SMILES string of the molecule is CCC(=O)c1cc(Oc2ccc(CNC(=O)Nc3sc(C(=O)OC)c(C)c3C(=O)OC)cc2)ccn1. The molecule has 0 unspecified atom stereocenters. The van der Waals surface area contributed by atoms with E-state index in [0.29, 0.717) is 29.2 Å². The maximum Gasteiger partial charge on any atom is 0.348 e. The monoisotopic (exact) mass is 511 g/mol. The fraction of sp³-hybridized carbons (Fsp3) is 0.240. The number of nitrogens with one attached hydrogen (secondary N) is 2. The average Bonchev–Trinajstić information content (AvgIpc) is 3.22. The molecular formula is C25H25N3O7S. The molecule has 11 heteroatoms. The van der Waals surface area contributed by atoms with Gasteiger partial charge >= 0.3 is 18.0 Å². The number of carbonyl (C=O) groups excluding carboxylic acids is 4. The van der Waals surface area contributed by atoms with Crippen LogP contribution in [0.1, 0.15) is 55.0 Å². The lowest BCUT2D eigenvalue weighted by Gasteiger charge is -2.10. The maximum absolute atomic E-state index is 12.5. The highest BCUT2D eigenvalue weighted by Gasteiger charge is 2.26. The van der Waals surface area contributed by atoms with Gasteiger partial charge in [-0.3, -0.25) is 15.1 Å². The Bertz CT molecular complexity index is 1290. The predicted octanol–water partition coefficient (Wildman–Crippen LogP) is 4.73. The minimum Gasteiger partial charge on any atom is -0.465 e. The smallest absolute Gasteiger partial charge is 0.348 e. The maximum atomic E-state index is 12.5. The van der Waals surface area contributed by atoms with Gasteiger partial charge < -0.3 is 19.5 Å². The quantitative estimate of drug-likeness (QED) is 0.311. The standard InChI is InChI=1S/C25H25N3O7S/c1-5-19(29)18-12-17(10-11-26-18)35-16-8-6-15(7-9-16)13-27-25(32)28-22-20(23(30)33-3)14(2)21(36-22)24(31)34-4/h6-12H,5,13H2,1-4H3,(H2,27,28,32). The van der Waals surface area contributed by atoms with E-state index in [9.17, 15) is 19.2 Å². The van der Waals surface area contributed by atoms with E-state index in [1.807, 2.05) is 0 Å². The molecule has 0 saturated heterocycles. The molecule has 2 N–H and O–H groups in total. The number of Topliss-reactive ketones (excluding diaryl/α,β-unsaturated/α-hetero) is 1. The molecule has 188 valence electrons. The lowest BCUT2D eigenvalue weighted by atomic mass is 10.1. The number of ketones is 1. The highest BCUT2D eigenvalue weighted by Crippen LogP contribution is 2.34. The first-order valence-electron chi connectivity index (χ1n) is 10.9. The van der Waals surface area contributed by atoms with E-state index < -0.39 is 18.0 Å². The number of urea groups is 1. The summed E-state index contributed by atoms with van der Waals surface area (Å²) in [5.74, 6) is -0.316. The van der Waals surface area contributed by atoms with Crippen molar-refractivity contribution in [3.8, 4) is 11.5 Å². The van der Waals surface area contributed by atoms with Crippen LogP contribution < -0.4 is 15.4 Å². The van der Waals surface area contributed by atoms with E-state index >= 15 is 0 Å². The van der Waals surface area contributed by atoms with Crippen molar-refractivity contribution in [2.24, 2.45) is 0 Å². The van der Waals surface area contributed by atoms with Crippen LogP contribution in [0, 0.1) is 6.92 Å². The number of esters is 2. The van der Waals surface area contributed by atoms with Gasteiger partial charge in [-0.2, -0.15) is 0 Å². The van der Waals surface area contributed by atoms with Gasteiger partial charge in [-0.1, -0.05) is 19.1 Å². The number of hydrogen-bond donors (Lipinski definition) is 2. The van der Waals surface area contributed by atoms with Crippen molar-refractivity contribution in [1.82, 2.24) is 10.3 Å². The number of methoxy groups -OCH3 is 2. The van der Waals surface area contributed by atoms with Crippen molar-refractivity contribution in [3.05, 3.63) is 69.9 Å². The van der Waals surface area contributed by atoms with Crippen LogP contribution in [0.3, 0.4) is 0 Å². The number of rotatable bonds is 9. The zero-order chi connectivity index (χ0) is 26.2. The molecule has 36 heavy (non-hydrogen) atoms. The molecule has 2 aromatic heterocycles. The van der Waals surface area contributed by atoms with Crippen LogP contribution >= 0.6 is 11.3 Å². The summed E-state index contributed by atoms with van der Waals surface area (Å²) >= 11 is 0.930. The molecule has 0 saturated carbocycles. The highest BCUT2D eigenvalue weighted by molar-refractivity contribution is 7.18. The third kappa shape index (κ3) is 6.25. The minimum atomic E-state index is -0.676. The van der Waals surface area contributed by atoms with Gasteiger partial charge in [0.15, 0.2) is 5.78 Å². The number of benzene rings is 1. The Hall–Kier alpha value is -4.25. The number of hydrogen-bond acceptors (Lipinski definition) is 9. The molecule has 0 spiro atoms. The molecule has 2 heterocycles. The van der Waals surface area contributed by atoms with Gasteiger partial charge in [-0.05, 0) is 36.2 Å². The molecule has 2 amide bonds. The van der Waals surface area contributed by atoms with E-state index in [1.54, 1.807) is 50.2 Å². The lowest BCUT2D eigenvalue weighted by molar-refractivity contribution is 0.0601. The first-order valence-corrected chi connectivity index (χ1v) is 11.7. The van der Waals surface area contributed by atoms with Crippen LogP contribution in [0.5, 0.6) is 11.5 Å². The molecule has 0 fully saturated rings. The van der Waals surface area contributed by atoms with E-state index in [0.717, 1.165) is 16.9 Å². The van der Waals surface area contributed by atoms with Crippen LogP contribution in [-0.2, 0) is 16.0 Å². The van der Waals surface area contributed by atoms with Gasteiger partial charge in [0, 0.05) is 25.2 Å². The van der Waals surface area contributed by atoms with E-state index in [-0.39, 0.29) is 27.8 Å². The van der Waals surface area contributed by atoms with Crippen molar-refractivity contribution in [2.45, 2.75) is 26.8 Å². The van der Waals surface area contributed by atoms with Crippen LogP contribution in [0.2, 0.25) is 0 Å². The van der Waals surface area contributed by atoms with Crippen LogP contribution in [0.15, 0.2) is 42.6 Å². The fourth-order valence-electron chi connectivity index (χ4n) is 3.19. The summed E-state index contributed by atoms with van der Waals surface area (Å²) < 4.78 is 15.3. The summed E-state index contributed by atoms with van der Waals surface area (Å²) in [6, 6.07) is 9.70. The number of anilines is 1. The zero-order valence-electron chi connectivity index (χ0n) is 20.2. The van der Waals surface area contributed by atoms with Crippen molar-refractivity contribution < 1.29 is 33.4 Å². The Kier molecular flexibility index (Phi) is 8.74. The molecule has 0 aliphatic heterocycles. The van der Waals surface area contributed by atoms with Crippen LogP contribution in [-0.4, -0.2) is 43.0 Å². The second-order valence-corrected chi connectivity index (χ2v) is 8.47. The van der Waals surface area contributed by atoms with Gasteiger partial charge in [-0.25, -0.2) is 14.4 Å². The van der Waals surface area contributed by atoms with Crippen molar-refractivity contribution >= 4 is 40.1 Å². The Balaban J connectivity index is 1.63. The van der Waals surface area contributed by atoms with E-state index in [1.165, 1.54) is 20.4 Å². The van der Waals surface area contributed by atoms with Gasteiger partial charge in [0.1, 0.15) is 27.1 Å². The number of amides is 2. The summed E-state index contributed by atoms with van der Waals surface area (Å²) in [4.78, 5) is 52.8. The number of carbonyl (C=O) groups is 4. The first kappa shape index (κ1) is 26.4. The van der Waals surface area contributed by atoms with E-state index in [4.69, 9.17) is 14.2 Å². The number of thiophene rings is 1. The summed E-state index contributed by atoms with van der Waals surface area (Å²) in [6.07, 6.45) is 1.87. The fourth-order valence-corrected chi connectivity index (χ4v) is 4.29. The van der Waals surface area contributed by atoms with Gasteiger partial charge in [-0.15, -0.1) is 11.3 Å². The lowest BCUT2D eigenvalue weighted by Crippen LogP contribution is -2.28. The Morgan fingerprint density at radius 3 is 2.31 bits per heavy atom. The van der Waals surface area contributed by atoms with Gasteiger partial charge in [0.2, 0.25) is 0 Å². The van der Waals surface area contributed by atoms with Crippen molar-refractivity contribution in [3.63, 3.8) is 0 Å².